The summed E-state index contributed by atoms with van der Waals surface area (Å²) in [5, 5.41) is 14.9. The number of nitro benzene ring substituents is 1. The normalized spacial score (nSPS) is 11.1. The van der Waals surface area contributed by atoms with Gasteiger partial charge in [-0.3, -0.25) is 14.9 Å². The zero-order valence-corrected chi connectivity index (χ0v) is 18.1. The Labute approximate surface area is 177 Å². The van der Waals surface area contributed by atoms with Crippen LogP contribution in [0.2, 0.25) is 0 Å². The van der Waals surface area contributed by atoms with E-state index in [1.807, 2.05) is 17.6 Å². The highest BCUT2D eigenvalue weighted by atomic mass is 79.9. The van der Waals surface area contributed by atoms with Crippen LogP contribution in [-0.2, 0) is 6.54 Å². The predicted molar refractivity (Wildman–Crippen MR) is 120 cm³/mol. The van der Waals surface area contributed by atoms with E-state index in [1.54, 1.807) is 12.1 Å². The van der Waals surface area contributed by atoms with E-state index in [2.05, 4.69) is 53.8 Å². The van der Waals surface area contributed by atoms with Crippen LogP contribution in [0, 0.1) is 17.0 Å². The number of halogens is 1. The first-order chi connectivity index (χ1) is 13.7. The standard InChI is InChI=1S/C22H22BrN3O3/c1-5-10-25-20-9-6-15(13(2)3)11-17(20)14(4)21(25)22(27)24-19-12-16(26(28)29)7-8-18(19)23/h5-9,11-13H,1,10H2,2-4H3,(H,24,27). The number of nitrogens with zero attached hydrogens (tertiary/aromatic N) is 2. The fourth-order valence-electron chi connectivity index (χ4n) is 3.41. The van der Waals surface area contributed by atoms with Gasteiger partial charge in [0.05, 0.1) is 10.6 Å². The summed E-state index contributed by atoms with van der Waals surface area (Å²) in [7, 11) is 0. The molecule has 0 bridgehead atoms. The number of anilines is 1. The smallest absolute Gasteiger partial charge is 0.272 e. The lowest BCUT2D eigenvalue weighted by Gasteiger charge is -2.11. The second-order valence-corrected chi connectivity index (χ2v) is 8.03. The average Bonchev–Trinajstić information content (AvgIpc) is 2.95. The topological polar surface area (TPSA) is 77.2 Å². The lowest BCUT2D eigenvalue weighted by molar-refractivity contribution is -0.384. The number of aromatic nitrogens is 1. The van der Waals surface area contributed by atoms with Gasteiger partial charge in [0.15, 0.2) is 0 Å². The number of allylic oxidation sites excluding steroid dienone is 1. The molecule has 6 nitrogen and oxygen atoms in total. The number of amides is 1. The van der Waals surface area contributed by atoms with Gasteiger partial charge in [-0.2, -0.15) is 0 Å². The highest BCUT2D eigenvalue weighted by Gasteiger charge is 2.22. The van der Waals surface area contributed by atoms with Crippen molar-refractivity contribution in [3.63, 3.8) is 0 Å². The van der Waals surface area contributed by atoms with Gasteiger partial charge in [0.2, 0.25) is 0 Å². The molecule has 0 spiro atoms. The third-order valence-corrected chi connectivity index (χ3v) is 5.63. The van der Waals surface area contributed by atoms with Gasteiger partial charge in [-0.15, -0.1) is 6.58 Å². The molecular weight excluding hydrogens is 434 g/mol. The van der Waals surface area contributed by atoms with Crippen molar-refractivity contribution < 1.29 is 9.72 Å². The highest BCUT2D eigenvalue weighted by Crippen LogP contribution is 2.31. The Morgan fingerprint density at radius 3 is 2.66 bits per heavy atom. The molecule has 0 fully saturated rings. The number of hydrogen-bond donors (Lipinski definition) is 1. The van der Waals surface area contributed by atoms with Crippen LogP contribution in [0.3, 0.4) is 0 Å². The molecule has 1 amide bonds. The Kier molecular flexibility index (Phi) is 5.88. The number of nitro groups is 1. The van der Waals surface area contributed by atoms with Crippen LogP contribution in [0.5, 0.6) is 0 Å². The Balaban J connectivity index is 2.11. The van der Waals surface area contributed by atoms with Crippen LogP contribution in [-0.4, -0.2) is 15.4 Å². The summed E-state index contributed by atoms with van der Waals surface area (Å²) in [6.07, 6.45) is 1.75. The maximum absolute atomic E-state index is 13.2. The molecule has 0 saturated heterocycles. The van der Waals surface area contributed by atoms with E-state index in [0.29, 0.717) is 28.3 Å². The van der Waals surface area contributed by atoms with Crippen molar-refractivity contribution in [1.82, 2.24) is 4.57 Å². The van der Waals surface area contributed by atoms with E-state index in [4.69, 9.17) is 0 Å². The van der Waals surface area contributed by atoms with Crippen molar-refractivity contribution in [3.05, 3.63) is 80.5 Å². The van der Waals surface area contributed by atoms with E-state index in [9.17, 15) is 14.9 Å². The Morgan fingerprint density at radius 1 is 1.31 bits per heavy atom. The fraction of sp³-hybridized carbons (Fsp3) is 0.227. The molecule has 0 aliphatic rings. The van der Waals surface area contributed by atoms with Gasteiger partial charge in [-0.25, -0.2) is 0 Å². The molecule has 1 N–H and O–H groups in total. The summed E-state index contributed by atoms with van der Waals surface area (Å²) in [5.41, 5.74) is 3.79. The largest absolute Gasteiger partial charge is 0.332 e. The molecule has 0 aliphatic carbocycles. The number of nitrogens with one attached hydrogen (secondary N) is 1. The summed E-state index contributed by atoms with van der Waals surface area (Å²) in [6.45, 7) is 10.5. The minimum absolute atomic E-state index is 0.0894. The molecule has 0 aliphatic heterocycles. The number of benzene rings is 2. The number of aryl methyl sites for hydroxylation is 1. The molecule has 0 saturated carbocycles. The molecule has 0 unspecified atom stereocenters. The van der Waals surface area contributed by atoms with Gasteiger partial charge in [0.25, 0.3) is 11.6 Å². The first-order valence-electron chi connectivity index (χ1n) is 9.23. The molecule has 3 aromatic rings. The molecule has 0 atom stereocenters. The summed E-state index contributed by atoms with van der Waals surface area (Å²) in [4.78, 5) is 23.8. The number of carbonyl (C=O) groups is 1. The van der Waals surface area contributed by atoms with Crippen molar-refractivity contribution >= 4 is 44.1 Å². The summed E-state index contributed by atoms with van der Waals surface area (Å²) < 4.78 is 2.49. The SMILES string of the molecule is C=CCn1c(C(=O)Nc2cc([N+](=O)[O-])ccc2Br)c(C)c2cc(C(C)C)ccc21. The third-order valence-electron chi connectivity index (χ3n) is 4.94. The number of hydrogen-bond acceptors (Lipinski definition) is 3. The Hall–Kier alpha value is -2.93. The highest BCUT2D eigenvalue weighted by molar-refractivity contribution is 9.10. The van der Waals surface area contributed by atoms with Crippen molar-refractivity contribution in [1.29, 1.82) is 0 Å². The summed E-state index contributed by atoms with van der Waals surface area (Å²) in [6, 6.07) is 10.5. The third kappa shape index (κ3) is 3.96. The van der Waals surface area contributed by atoms with Gasteiger partial charge in [0, 0.05) is 34.1 Å². The number of rotatable bonds is 6. The van der Waals surface area contributed by atoms with E-state index in [-0.39, 0.29) is 11.6 Å². The Bertz CT molecular complexity index is 1130. The average molecular weight is 456 g/mol. The number of carbonyl (C=O) groups excluding carboxylic acids is 1. The van der Waals surface area contributed by atoms with E-state index < -0.39 is 4.92 Å². The Morgan fingerprint density at radius 2 is 2.03 bits per heavy atom. The zero-order valence-electron chi connectivity index (χ0n) is 16.5. The molecular formula is C22H22BrN3O3. The molecule has 29 heavy (non-hydrogen) atoms. The minimum Gasteiger partial charge on any atom is -0.332 e. The second-order valence-electron chi connectivity index (χ2n) is 7.18. The van der Waals surface area contributed by atoms with Gasteiger partial charge >= 0.3 is 0 Å². The lowest BCUT2D eigenvalue weighted by atomic mass is 10.0. The summed E-state index contributed by atoms with van der Waals surface area (Å²) >= 11 is 3.35. The lowest BCUT2D eigenvalue weighted by Crippen LogP contribution is -2.18. The van der Waals surface area contributed by atoms with Crippen molar-refractivity contribution in [3.8, 4) is 0 Å². The second kappa shape index (κ2) is 8.21. The van der Waals surface area contributed by atoms with Crippen LogP contribution in [0.4, 0.5) is 11.4 Å². The van der Waals surface area contributed by atoms with E-state index in [0.717, 1.165) is 16.5 Å². The van der Waals surface area contributed by atoms with Crippen LogP contribution in [0.1, 0.15) is 41.4 Å². The van der Waals surface area contributed by atoms with Crippen LogP contribution < -0.4 is 5.32 Å². The number of fused-ring (bicyclic) bond motifs is 1. The van der Waals surface area contributed by atoms with Gasteiger partial charge in [-0.05, 0) is 58.1 Å². The molecule has 3 rings (SSSR count). The van der Waals surface area contributed by atoms with E-state index >= 15 is 0 Å². The molecule has 1 aromatic heterocycles. The maximum Gasteiger partial charge on any atom is 0.272 e. The van der Waals surface area contributed by atoms with Gasteiger partial charge < -0.3 is 9.88 Å². The van der Waals surface area contributed by atoms with E-state index in [1.165, 1.54) is 17.7 Å². The van der Waals surface area contributed by atoms with Crippen molar-refractivity contribution in [2.45, 2.75) is 33.2 Å². The van der Waals surface area contributed by atoms with Crippen LogP contribution in [0.15, 0.2) is 53.5 Å². The van der Waals surface area contributed by atoms with Crippen LogP contribution >= 0.6 is 15.9 Å². The van der Waals surface area contributed by atoms with Gasteiger partial charge in [-0.1, -0.05) is 26.0 Å². The van der Waals surface area contributed by atoms with Gasteiger partial charge in [0.1, 0.15) is 5.69 Å². The zero-order chi connectivity index (χ0) is 21.3. The molecule has 1 heterocycles. The first kappa shape index (κ1) is 20.8. The molecule has 150 valence electrons. The predicted octanol–water partition coefficient (Wildman–Crippen LogP) is 6.18. The quantitative estimate of drug-likeness (QED) is 0.273. The molecule has 2 aromatic carbocycles. The molecule has 7 heteroatoms. The summed E-state index contributed by atoms with van der Waals surface area (Å²) in [5.74, 6) is 0.0486. The maximum atomic E-state index is 13.2. The van der Waals surface area contributed by atoms with Crippen molar-refractivity contribution in [2.24, 2.45) is 0 Å². The van der Waals surface area contributed by atoms with Crippen molar-refractivity contribution in [2.75, 3.05) is 5.32 Å². The minimum atomic E-state index is -0.491. The molecule has 0 radical (unpaired) electrons. The number of non-ortho nitro benzene ring substituents is 1. The van der Waals surface area contributed by atoms with Crippen LogP contribution in [0.25, 0.3) is 10.9 Å². The monoisotopic (exact) mass is 455 g/mol. The fourth-order valence-corrected chi connectivity index (χ4v) is 3.76. The first-order valence-corrected chi connectivity index (χ1v) is 10.0.